The number of benzene rings is 3. The van der Waals surface area contributed by atoms with Crippen LogP contribution in [0.15, 0.2) is 72.8 Å². The zero-order valence-corrected chi connectivity index (χ0v) is 21.1. The minimum atomic E-state index is -0.107. The van der Waals surface area contributed by atoms with Gasteiger partial charge in [0.1, 0.15) is 0 Å². The Balaban J connectivity index is 1.60. The van der Waals surface area contributed by atoms with E-state index in [9.17, 15) is 4.79 Å². The van der Waals surface area contributed by atoms with Gasteiger partial charge >= 0.3 is 0 Å². The third-order valence-electron chi connectivity index (χ3n) is 6.04. The third kappa shape index (κ3) is 5.36. The molecule has 5 nitrogen and oxygen atoms in total. The summed E-state index contributed by atoms with van der Waals surface area (Å²) in [6.07, 6.45) is 0.674. The van der Waals surface area contributed by atoms with E-state index in [1.807, 2.05) is 61.5 Å². The summed E-state index contributed by atoms with van der Waals surface area (Å²) < 4.78 is 12.8. The molecule has 4 rings (SSSR count). The van der Waals surface area contributed by atoms with E-state index in [0.29, 0.717) is 35.1 Å². The molecule has 1 heterocycles. The number of ether oxygens (including phenoxy) is 2. The number of hydrogen-bond donors (Lipinski definition) is 1. The van der Waals surface area contributed by atoms with E-state index in [-0.39, 0.29) is 5.91 Å². The molecule has 0 spiro atoms. The maximum absolute atomic E-state index is 13.2. The number of amides is 1. The van der Waals surface area contributed by atoms with Gasteiger partial charge in [-0.15, -0.1) is 0 Å². The van der Waals surface area contributed by atoms with Crippen molar-refractivity contribution in [1.82, 2.24) is 9.88 Å². The summed E-state index contributed by atoms with van der Waals surface area (Å²) in [6.45, 7) is 4.54. The zero-order valence-electron chi connectivity index (χ0n) is 20.4. The van der Waals surface area contributed by atoms with Gasteiger partial charge in [-0.25, -0.2) is 0 Å². The highest BCUT2D eigenvalue weighted by molar-refractivity contribution is 6.30. The average Bonchev–Trinajstić information content (AvgIpc) is 3.21. The van der Waals surface area contributed by atoms with E-state index in [2.05, 4.69) is 35.0 Å². The number of nitrogens with zero attached hydrogens (tertiary/aromatic N) is 1. The van der Waals surface area contributed by atoms with Crippen LogP contribution in [0.1, 0.15) is 27.2 Å². The van der Waals surface area contributed by atoms with Crippen LogP contribution in [0, 0.1) is 13.8 Å². The van der Waals surface area contributed by atoms with Crippen molar-refractivity contribution in [2.24, 2.45) is 0 Å². The molecule has 35 heavy (non-hydrogen) atoms. The minimum Gasteiger partial charge on any atom is -0.493 e. The number of carbonyl (C=O) groups excluding carboxylic acids is 1. The van der Waals surface area contributed by atoms with Crippen LogP contribution in [0.3, 0.4) is 0 Å². The molecule has 6 heteroatoms. The third-order valence-corrected chi connectivity index (χ3v) is 6.29. The quantitative estimate of drug-likeness (QED) is 0.312. The highest BCUT2D eigenvalue weighted by Crippen LogP contribution is 2.31. The number of aromatic nitrogens is 1. The largest absolute Gasteiger partial charge is 0.493 e. The summed E-state index contributed by atoms with van der Waals surface area (Å²) >= 11 is 6.12. The van der Waals surface area contributed by atoms with E-state index in [1.165, 1.54) is 0 Å². The van der Waals surface area contributed by atoms with Crippen molar-refractivity contribution in [2.45, 2.75) is 20.3 Å². The fraction of sp³-hybridized carbons (Fsp3) is 0.207. The Kier molecular flexibility index (Phi) is 7.47. The number of aryl methyl sites for hydroxylation is 1. The van der Waals surface area contributed by atoms with Gasteiger partial charge < -0.3 is 19.4 Å². The Hall–Kier alpha value is -3.70. The fourth-order valence-corrected chi connectivity index (χ4v) is 4.35. The first-order chi connectivity index (χ1) is 16.9. The Bertz CT molecular complexity index is 1340. The molecular formula is C29H29ClN2O3. The molecule has 180 valence electrons. The van der Waals surface area contributed by atoms with Crippen molar-refractivity contribution in [3.63, 3.8) is 0 Å². The van der Waals surface area contributed by atoms with E-state index >= 15 is 0 Å². The molecule has 1 N–H and O–H groups in total. The summed E-state index contributed by atoms with van der Waals surface area (Å²) in [5.74, 6) is 1.25. The van der Waals surface area contributed by atoms with E-state index in [0.717, 1.165) is 33.8 Å². The van der Waals surface area contributed by atoms with Gasteiger partial charge in [-0.3, -0.25) is 4.79 Å². The Morgan fingerprint density at radius 2 is 1.66 bits per heavy atom. The maximum Gasteiger partial charge on any atom is 0.253 e. The molecule has 3 aromatic carbocycles. The number of rotatable bonds is 8. The lowest BCUT2D eigenvalue weighted by Crippen LogP contribution is -2.26. The van der Waals surface area contributed by atoms with Gasteiger partial charge in [-0.05, 0) is 79.4 Å². The summed E-state index contributed by atoms with van der Waals surface area (Å²) in [6, 6.07) is 23.7. The number of halogens is 1. The maximum atomic E-state index is 13.2. The fourth-order valence-electron chi connectivity index (χ4n) is 4.22. The summed E-state index contributed by atoms with van der Waals surface area (Å²) in [7, 11) is 3.23. The monoisotopic (exact) mass is 488 g/mol. The van der Waals surface area contributed by atoms with Gasteiger partial charge in [0.25, 0.3) is 5.91 Å². The Morgan fingerprint density at radius 3 is 2.34 bits per heavy atom. The van der Waals surface area contributed by atoms with Crippen molar-refractivity contribution in [2.75, 3.05) is 20.8 Å². The number of nitrogens with one attached hydrogen (secondary N) is 1. The molecule has 0 radical (unpaired) electrons. The molecule has 0 aliphatic carbocycles. The van der Waals surface area contributed by atoms with Gasteiger partial charge in [0.2, 0.25) is 0 Å². The molecule has 1 aromatic heterocycles. The highest BCUT2D eigenvalue weighted by Gasteiger charge is 2.20. The molecule has 0 fully saturated rings. The molecule has 0 unspecified atom stereocenters. The molecule has 0 saturated heterocycles. The Morgan fingerprint density at radius 1 is 0.914 bits per heavy atom. The predicted molar refractivity (Wildman–Crippen MR) is 141 cm³/mol. The smallest absolute Gasteiger partial charge is 0.253 e. The lowest BCUT2D eigenvalue weighted by Gasteiger charge is -2.13. The summed E-state index contributed by atoms with van der Waals surface area (Å²) in [5.41, 5.74) is 6.67. The zero-order chi connectivity index (χ0) is 24.9. The van der Waals surface area contributed by atoms with Crippen LogP contribution in [0.5, 0.6) is 11.5 Å². The predicted octanol–water partition coefficient (Wildman–Crippen LogP) is 6.40. The first kappa shape index (κ1) is 24.4. The van der Waals surface area contributed by atoms with Crippen LogP contribution in [-0.4, -0.2) is 31.2 Å². The highest BCUT2D eigenvalue weighted by atomic mass is 35.5. The molecule has 0 saturated carbocycles. The standard InChI is InChI=1S/C29H29ClN2O3/c1-19-6-5-7-24(16-19)32-20(2)25(18-26(32)22-9-11-23(30)12-10-22)29(33)31-15-14-21-8-13-27(34-3)28(17-21)35-4/h5-13,16-18H,14-15H2,1-4H3,(H,31,33). The second-order valence-electron chi connectivity index (χ2n) is 8.41. The second-order valence-corrected chi connectivity index (χ2v) is 8.84. The molecule has 0 aliphatic rings. The average molecular weight is 489 g/mol. The summed E-state index contributed by atoms with van der Waals surface area (Å²) in [5, 5.41) is 3.75. The van der Waals surface area contributed by atoms with Crippen molar-refractivity contribution in [3.8, 4) is 28.4 Å². The van der Waals surface area contributed by atoms with Crippen molar-refractivity contribution in [3.05, 3.63) is 100 Å². The minimum absolute atomic E-state index is 0.107. The van der Waals surface area contributed by atoms with Gasteiger partial charge in [0, 0.05) is 22.9 Å². The van der Waals surface area contributed by atoms with E-state index < -0.39 is 0 Å². The number of hydrogen-bond acceptors (Lipinski definition) is 3. The van der Waals surface area contributed by atoms with E-state index in [1.54, 1.807) is 14.2 Å². The van der Waals surface area contributed by atoms with Gasteiger partial charge in [-0.1, -0.05) is 41.9 Å². The van der Waals surface area contributed by atoms with Gasteiger partial charge in [-0.2, -0.15) is 0 Å². The SMILES string of the molecule is COc1ccc(CCNC(=O)c2cc(-c3ccc(Cl)cc3)n(-c3cccc(C)c3)c2C)cc1OC. The molecule has 0 atom stereocenters. The molecular weight excluding hydrogens is 460 g/mol. The van der Waals surface area contributed by atoms with Crippen LogP contribution < -0.4 is 14.8 Å². The first-order valence-corrected chi connectivity index (χ1v) is 11.8. The number of methoxy groups -OCH3 is 2. The first-order valence-electron chi connectivity index (χ1n) is 11.5. The van der Waals surface area contributed by atoms with Gasteiger partial charge in [0.05, 0.1) is 25.5 Å². The summed E-state index contributed by atoms with van der Waals surface area (Å²) in [4.78, 5) is 13.2. The van der Waals surface area contributed by atoms with Crippen molar-refractivity contribution < 1.29 is 14.3 Å². The molecule has 0 aliphatic heterocycles. The van der Waals surface area contributed by atoms with Crippen LogP contribution in [-0.2, 0) is 6.42 Å². The Labute approximate surface area is 211 Å². The topological polar surface area (TPSA) is 52.5 Å². The second kappa shape index (κ2) is 10.7. The van der Waals surface area contributed by atoms with Gasteiger partial charge in [0.15, 0.2) is 11.5 Å². The van der Waals surface area contributed by atoms with Crippen LogP contribution >= 0.6 is 11.6 Å². The normalized spacial score (nSPS) is 10.8. The van der Waals surface area contributed by atoms with Crippen LogP contribution in [0.25, 0.3) is 16.9 Å². The van der Waals surface area contributed by atoms with Crippen LogP contribution in [0.2, 0.25) is 5.02 Å². The van der Waals surface area contributed by atoms with E-state index in [4.69, 9.17) is 21.1 Å². The number of carbonyl (C=O) groups is 1. The molecule has 4 aromatic rings. The van der Waals surface area contributed by atoms with Crippen molar-refractivity contribution in [1.29, 1.82) is 0 Å². The van der Waals surface area contributed by atoms with Crippen molar-refractivity contribution >= 4 is 17.5 Å². The molecule has 1 amide bonds. The van der Waals surface area contributed by atoms with Crippen LogP contribution in [0.4, 0.5) is 0 Å². The lowest BCUT2D eigenvalue weighted by atomic mass is 10.1. The molecule has 0 bridgehead atoms. The lowest BCUT2D eigenvalue weighted by molar-refractivity contribution is 0.0953.